The Labute approximate surface area is 87.5 Å². The maximum absolute atomic E-state index is 13.4. The number of hydrogen-bond donors (Lipinski definition) is 1. The number of imidazole rings is 1. The van der Waals surface area contributed by atoms with Gasteiger partial charge >= 0.3 is 0 Å². The fraction of sp³-hybridized carbons (Fsp3) is 0.700. The minimum atomic E-state index is -2.56. The Morgan fingerprint density at radius 3 is 3.07 bits per heavy atom. The van der Waals surface area contributed by atoms with Crippen molar-refractivity contribution in [2.75, 3.05) is 13.1 Å². The van der Waals surface area contributed by atoms with Crippen molar-refractivity contribution in [3.8, 4) is 0 Å². The second-order valence-electron chi connectivity index (χ2n) is 4.20. The number of nitrogens with one attached hydrogen (secondary N) is 1. The first kappa shape index (κ1) is 10.5. The lowest BCUT2D eigenvalue weighted by Crippen LogP contribution is -2.47. The summed E-state index contributed by atoms with van der Waals surface area (Å²) in [6.07, 6.45) is 3.90. The molecule has 2 rings (SSSR count). The molecule has 1 aliphatic rings. The zero-order valence-corrected chi connectivity index (χ0v) is 8.71. The molecule has 0 aromatic carbocycles. The van der Waals surface area contributed by atoms with Crippen molar-refractivity contribution in [3.63, 3.8) is 0 Å². The number of rotatable bonds is 2. The van der Waals surface area contributed by atoms with Gasteiger partial charge in [0.1, 0.15) is 5.82 Å². The molecule has 1 fully saturated rings. The van der Waals surface area contributed by atoms with Crippen LogP contribution in [0.4, 0.5) is 8.78 Å². The van der Waals surface area contributed by atoms with Crippen molar-refractivity contribution in [1.82, 2.24) is 14.9 Å². The second-order valence-corrected chi connectivity index (χ2v) is 4.20. The Hall–Kier alpha value is -0.970. The van der Waals surface area contributed by atoms with Crippen LogP contribution in [0.3, 0.4) is 0 Å². The molecule has 1 aromatic heterocycles. The molecule has 1 atom stereocenters. The molecule has 15 heavy (non-hydrogen) atoms. The maximum Gasteiger partial charge on any atom is 0.263 e. The Morgan fingerprint density at radius 1 is 1.67 bits per heavy atom. The van der Waals surface area contributed by atoms with Crippen molar-refractivity contribution >= 4 is 0 Å². The van der Waals surface area contributed by atoms with Gasteiger partial charge in [-0.3, -0.25) is 4.90 Å². The van der Waals surface area contributed by atoms with E-state index in [1.807, 2.05) is 0 Å². The summed E-state index contributed by atoms with van der Waals surface area (Å²) in [5.74, 6) is -2.32. The van der Waals surface area contributed by atoms with E-state index in [0.29, 0.717) is 13.0 Å². The first-order valence-corrected chi connectivity index (χ1v) is 5.16. The highest BCUT2D eigenvalue weighted by atomic mass is 19.3. The summed E-state index contributed by atoms with van der Waals surface area (Å²) < 4.78 is 26.8. The van der Waals surface area contributed by atoms with Crippen LogP contribution in [0.1, 0.15) is 19.2 Å². The number of H-pyrrole nitrogens is 1. The van der Waals surface area contributed by atoms with Gasteiger partial charge in [-0.25, -0.2) is 13.8 Å². The van der Waals surface area contributed by atoms with Gasteiger partial charge < -0.3 is 4.98 Å². The van der Waals surface area contributed by atoms with Gasteiger partial charge in [-0.05, 0) is 13.0 Å². The predicted molar refractivity (Wildman–Crippen MR) is 52.6 cm³/mol. The Balaban J connectivity index is 1.95. The van der Waals surface area contributed by atoms with Crippen molar-refractivity contribution < 1.29 is 8.78 Å². The van der Waals surface area contributed by atoms with Crippen LogP contribution in [0, 0.1) is 5.92 Å². The molecule has 5 heteroatoms. The average molecular weight is 215 g/mol. The molecule has 0 spiro atoms. The number of halogens is 2. The second kappa shape index (κ2) is 3.89. The number of hydrogen-bond acceptors (Lipinski definition) is 2. The van der Waals surface area contributed by atoms with E-state index in [0.717, 1.165) is 12.4 Å². The highest BCUT2D eigenvalue weighted by Crippen LogP contribution is 2.32. The molecular formula is C10H15F2N3. The molecule has 1 aromatic rings. The number of aromatic nitrogens is 2. The molecule has 1 aliphatic heterocycles. The Kier molecular flexibility index (Phi) is 2.73. The summed E-state index contributed by atoms with van der Waals surface area (Å²) >= 11 is 0. The van der Waals surface area contributed by atoms with Gasteiger partial charge in [-0.2, -0.15) is 0 Å². The summed E-state index contributed by atoms with van der Waals surface area (Å²) in [5, 5.41) is 0. The topological polar surface area (TPSA) is 31.9 Å². The van der Waals surface area contributed by atoms with Crippen molar-refractivity contribution in [2.45, 2.75) is 25.8 Å². The molecule has 2 heterocycles. The molecule has 1 saturated heterocycles. The van der Waals surface area contributed by atoms with Gasteiger partial charge in [0, 0.05) is 18.3 Å². The third-order valence-corrected chi connectivity index (χ3v) is 2.96. The van der Waals surface area contributed by atoms with Gasteiger partial charge in [0.05, 0.1) is 13.1 Å². The fourth-order valence-corrected chi connectivity index (χ4v) is 1.85. The number of alkyl halides is 2. The number of piperidine rings is 1. The first-order chi connectivity index (χ1) is 7.08. The lowest BCUT2D eigenvalue weighted by Gasteiger charge is -2.36. The molecule has 0 aliphatic carbocycles. The van der Waals surface area contributed by atoms with Crippen molar-refractivity contribution in [3.05, 3.63) is 18.2 Å². The van der Waals surface area contributed by atoms with Crippen LogP contribution in [0.5, 0.6) is 0 Å². The minimum Gasteiger partial charge on any atom is -0.348 e. The summed E-state index contributed by atoms with van der Waals surface area (Å²) in [6, 6.07) is 0. The van der Waals surface area contributed by atoms with E-state index in [1.165, 1.54) is 0 Å². The van der Waals surface area contributed by atoms with Crippen molar-refractivity contribution in [2.24, 2.45) is 5.92 Å². The van der Waals surface area contributed by atoms with Crippen LogP contribution in [0.2, 0.25) is 0 Å². The summed E-state index contributed by atoms with van der Waals surface area (Å²) in [7, 11) is 0. The summed E-state index contributed by atoms with van der Waals surface area (Å²) in [5.41, 5.74) is 0. The lowest BCUT2D eigenvalue weighted by atomic mass is 9.95. The van der Waals surface area contributed by atoms with Gasteiger partial charge in [0.15, 0.2) is 0 Å². The van der Waals surface area contributed by atoms with Crippen LogP contribution >= 0.6 is 0 Å². The van der Waals surface area contributed by atoms with E-state index in [4.69, 9.17) is 0 Å². The number of nitrogens with zero attached hydrogens (tertiary/aromatic N) is 2. The first-order valence-electron chi connectivity index (χ1n) is 5.16. The zero-order chi connectivity index (χ0) is 10.9. The lowest BCUT2D eigenvalue weighted by molar-refractivity contribution is -0.106. The van der Waals surface area contributed by atoms with E-state index in [9.17, 15) is 8.78 Å². The van der Waals surface area contributed by atoms with Crippen molar-refractivity contribution in [1.29, 1.82) is 0 Å². The molecule has 0 radical (unpaired) electrons. The third-order valence-electron chi connectivity index (χ3n) is 2.96. The van der Waals surface area contributed by atoms with Gasteiger partial charge in [-0.1, -0.05) is 6.92 Å². The van der Waals surface area contributed by atoms with Crippen LogP contribution < -0.4 is 0 Å². The molecule has 0 amide bonds. The third kappa shape index (κ3) is 2.34. The van der Waals surface area contributed by atoms with Crippen LogP contribution in [0.25, 0.3) is 0 Å². The Morgan fingerprint density at radius 2 is 2.47 bits per heavy atom. The average Bonchev–Trinajstić information content (AvgIpc) is 2.63. The van der Waals surface area contributed by atoms with Gasteiger partial charge in [0.25, 0.3) is 5.92 Å². The Bertz CT molecular complexity index is 310. The van der Waals surface area contributed by atoms with E-state index >= 15 is 0 Å². The molecule has 1 unspecified atom stereocenters. The maximum atomic E-state index is 13.4. The molecule has 0 saturated carbocycles. The molecular weight excluding hydrogens is 200 g/mol. The fourth-order valence-electron chi connectivity index (χ4n) is 1.85. The smallest absolute Gasteiger partial charge is 0.263 e. The van der Waals surface area contributed by atoms with E-state index in [-0.39, 0.29) is 6.54 Å². The van der Waals surface area contributed by atoms with Gasteiger partial charge in [0.2, 0.25) is 0 Å². The summed E-state index contributed by atoms with van der Waals surface area (Å²) in [6.45, 7) is 2.66. The predicted octanol–water partition coefficient (Wildman–Crippen LogP) is 1.89. The number of likely N-dealkylation sites (tertiary alicyclic amines) is 1. The highest BCUT2D eigenvalue weighted by molar-refractivity contribution is 4.90. The van der Waals surface area contributed by atoms with E-state index in [2.05, 4.69) is 9.97 Å². The highest BCUT2D eigenvalue weighted by Gasteiger charge is 2.41. The molecule has 3 nitrogen and oxygen atoms in total. The zero-order valence-electron chi connectivity index (χ0n) is 8.71. The minimum absolute atomic E-state index is 0.158. The van der Waals surface area contributed by atoms with Crippen LogP contribution in [-0.2, 0) is 6.54 Å². The number of aromatic amines is 1. The largest absolute Gasteiger partial charge is 0.348 e. The van der Waals surface area contributed by atoms with E-state index < -0.39 is 11.8 Å². The quantitative estimate of drug-likeness (QED) is 0.817. The summed E-state index contributed by atoms with van der Waals surface area (Å²) in [4.78, 5) is 8.71. The van der Waals surface area contributed by atoms with Crippen LogP contribution in [-0.4, -0.2) is 33.9 Å². The molecule has 0 bridgehead atoms. The molecule has 1 N–H and O–H groups in total. The SMILES string of the molecule is CC1CCN(Cc2ncc[nH]2)CC1(F)F. The van der Waals surface area contributed by atoms with E-state index in [1.54, 1.807) is 24.2 Å². The normalized spacial score (nSPS) is 26.7. The van der Waals surface area contributed by atoms with Crippen LogP contribution in [0.15, 0.2) is 12.4 Å². The standard InChI is InChI=1S/C10H15F2N3/c1-8-2-5-15(7-10(8,11)12)6-9-13-3-4-14-9/h3-4,8H,2,5-7H2,1H3,(H,13,14). The van der Waals surface area contributed by atoms with Gasteiger partial charge in [-0.15, -0.1) is 0 Å². The molecule has 84 valence electrons. The monoisotopic (exact) mass is 215 g/mol.